The van der Waals surface area contributed by atoms with E-state index in [0.717, 1.165) is 25.2 Å². The van der Waals surface area contributed by atoms with Crippen LogP contribution >= 0.6 is 0 Å². The van der Waals surface area contributed by atoms with E-state index in [9.17, 15) is 9.90 Å². The second-order valence-corrected chi connectivity index (χ2v) is 6.87. The molecule has 2 aromatic carbocycles. The summed E-state index contributed by atoms with van der Waals surface area (Å²) in [4.78, 5) is 14.8. The third-order valence-corrected chi connectivity index (χ3v) is 5.19. The lowest BCUT2D eigenvalue weighted by Crippen LogP contribution is -2.34. The summed E-state index contributed by atoms with van der Waals surface area (Å²) in [6.45, 7) is 3.07. The summed E-state index contributed by atoms with van der Waals surface area (Å²) in [5, 5.41) is 12.3. The van der Waals surface area contributed by atoms with Crippen molar-refractivity contribution in [3.63, 3.8) is 0 Å². The van der Waals surface area contributed by atoms with Crippen LogP contribution < -0.4 is 5.32 Å². The Bertz CT molecular complexity index is 719. The van der Waals surface area contributed by atoms with Gasteiger partial charge in [-0.15, -0.1) is 0 Å². The molecular weight excluding hydrogens is 300 g/mol. The van der Waals surface area contributed by atoms with Crippen LogP contribution in [0.1, 0.15) is 21.5 Å². The number of benzene rings is 2. The molecule has 124 valence electrons. The molecule has 1 aliphatic heterocycles. The Labute approximate surface area is 142 Å². The van der Waals surface area contributed by atoms with E-state index in [1.807, 2.05) is 18.2 Å². The molecule has 2 N–H and O–H groups in total. The lowest BCUT2D eigenvalue weighted by molar-refractivity contribution is 0.0942. The average Bonchev–Trinajstić information content (AvgIpc) is 3.06. The molecule has 2 aromatic rings. The quantitative estimate of drug-likeness (QED) is 0.886. The number of hydrogen-bond acceptors (Lipinski definition) is 3. The summed E-state index contributed by atoms with van der Waals surface area (Å²) < 4.78 is 0. The van der Waals surface area contributed by atoms with Gasteiger partial charge in [0.1, 0.15) is 0 Å². The van der Waals surface area contributed by atoms with Gasteiger partial charge < -0.3 is 10.4 Å². The normalized spacial score (nSPS) is 25.3. The predicted octanol–water partition coefficient (Wildman–Crippen LogP) is 2.04. The van der Waals surface area contributed by atoms with Crippen molar-refractivity contribution in [3.05, 3.63) is 71.3 Å². The predicted molar refractivity (Wildman–Crippen MR) is 92.3 cm³/mol. The highest BCUT2D eigenvalue weighted by atomic mass is 16.3. The third kappa shape index (κ3) is 3.07. The van der Waals surface area contributed by atoms with Gasteiger partial charge in [0.25, 0.3) is 5.91 Å². The summed E-state index contributed by atoms with van der Waals surface area (Å²) in [5.41, 5.74) is 2.75. The van der Waals surface area contributed by atoms with Gasteiger partial charge in [-0.25, -0.2) is 0 Å². The number of nitrogens with zero attached hydrogens (tertiary/aromatic N) is 1. The van der Waals surface area contributed by atoms with Crippen LogP contribution in [-0.4, -0.2) is 35.0 Å². The second kappa shape index (κ2) is 6.38. The summed E-state index contributed by atoms with van der Waals surface area (Å²) >= 11 is 0. The number of hydrogen-bond donors (Lipinski definition) is 2. The monoisotopic (exact) mass is 322 g/mol. The summed E-state index contributed by atoms with van der Waals surface area (Å²) in [6, 6.07) is 18.0. The molecule has 24 heavy (non-hydrogen) atoms. The number of likely N-dealkylation sites (tertiary alicyclic amines) is 1. The van der Waals surface area contributed by atoms with E-state index in [4.69, 9.17) is 0 Å². The highest BCUT2D eigenvalue weighted by Gasteiger charge is 2.56. The minimum absolute atomic E-state index is 0.0284. The number of aliphatic hydroxyl groups is 1. The van der Waals surface area contributed by atoms with Crippen molar-refractivity contribution in [1.82, 2.24) is 10.2 Å². The van der Waals surface area contributed by atoms with Crippen molar-refractivity contribution < 1.29 is 9.90 Å². The van der Waals surface area contributed by atoms with E-state index in [1.54, 1.807) is 12.1 Å². The maximum Gasteiger partial charge on any atom is 0.251 e. The molecule has 1 heterocycles. The molecule has 0 radical (unpaired) electrons. The Morgan fingerprint density at radius 1 is 1.04 bits per heavy atom. The molecule has 0 aromatic heterocycles. The molecule has 4 heteroatoms. The number of rotatable bonds is 5. The van der Waals surface area contributed by atoms with Crippen LogP contribution in [0.2, 0.25) is 0 Å². The van der Waals surface area contributed by atoms with Crippen LogP contribution in [0, 0.1) is 11.8 Å². The van der Waals surface area contributed by atoms with Crippen LogP contribution in [0.25, 0.3) is 0 Å². The topological polar surface area (TPSA) is 52.6 Å². The van der Waals surface area contributed by atoms with Crippen LogP contribution in [0.3, 0.4) is 0 Å². The molecule has 1 aliphatic carbocycles. The van der Waals surface area contributed by atoms with E-state index in [-0.39, 0.29) is 12.5 Å². The van der Waals surface area contributed by atoms with E-state index < -0.39 is 0 Å². The third-order valence-electron chi connectivity index (χ3n) is 5.19. The molecule has 1 amide bonds. The van der Waals surface area contributed by atoms with Crippen LogP contribution in [-0.2, 0) is 13.2 Å². The van der Waals surface area contributed by atoms with Gasteiger partial charge in [0.15, 0.2) is 0 Å². The molecule has 4 nitrogen and oxygen atoms in total. The largest absolute Gasteiger partial charge is 0.392 e. The number of carbonyl (C=O) groups is 1. The molecule has 1 saturated carbocycles. The molecule has 1 saturated heterocycles. The van der Waals surface area contributed by atoms with Gasteiger partial charge >= 0.3 is 0 Å². The van der Waals surface area contributed by atoms with Crippen molar-refractivity contribution in [3.8, 4) is 0 Å². The van der Waals surface area contributed by atoms with Gasteiger partial charge in [0.2, 0.25) is 0 Å². The van der Waals surface area contributed by atoms with Crippen molar-refractivity contribution in [2.75, 3.05) is 13.1 Å². The zero-order valence-corrected chi connectivity index (χ0v) is 13.6. The first-order valence-corrected chi connectivity index (χ1v) is 8.51. The highest BCUT2D eigenvalue weighted by Crippen LogP contribution is 2.45. The molecule has 4 rings (SSSR count). The standard InChI is InChI=1S/C20H22N2O2/c23-13-15-7-4-8-16(9-15)20(24)21-19-17-11-22(12-18(17)19)10-14-5-2-1-3-6-14/h1-9,17-19,23H,10-13H2,(H,21,24)/t17-,18+,19?. The number of amides is 1. The molecular formula is C20H22N2O2. The van der Waals surface area contributed by atoms with Crippen LogP contribution in [0.15, 0.2) is 54.6 Å². The second-order valence-electron chi connectivity index (χ2n) is 6.87. The Balaban J connectivity index is 1.30. The fourth-order valence-electron chi connectivity index (χ4n) is 3.84. The lowest BCUT2D eigenvalue weighted by atomic mass is 10.1. The van der Waals surface area contributed by atoms with Crippen molar-refractivity contribution in [2.45, 2.75) is 19.2 Å². The molecule has 3 atom stereocenters. The number of piperidine rings is 1. The van der Waals surface area contributed by atoms with Crippen molar-refractivity contribution >= 4 is 5.91 Å². The maximum absolute atomic E-state index is 12.4. The Kier molecular flexibility index (Phi) is 4.08. The van der Waals surface area contributed by atoms with Gasteiger partial charge in [-0.1, -0.05) is 42.5 Å². The molecule has 2 fully saturated rings. The van der Waals surface area contributed by atoms with Gasteiger partial charge in [-0.2, -0.15) is 0 Å². The zero-order chi connectivity index (χ0) is 16.5. The Morgan fingerprint density at radius 2 is 1.75 bits per heavy atom. The van der Waals surface area contributed by atoms with Crippen molar-refractivity contribution in [1.29, 1.82) is 0 Å². The van der Waals surface area contributed by atoms with Gasteiger partial charge in [-0.05, 0) is 35.1 Å². The van der Waals surface area contributed by atoms with Crippen LogP contribution in [0.5, 0.6) is 0 Å². The van der Waals surface area contributed by atoms with Crippen molar-refractivity contribution in [2.24, 2.45) is 11.8 Å². The fourth-order valence-corrected chi connectivity index (χ4v) is 3.84. The van der Waals surface area contributed by atoms with E-state index in [2.05, 4.69) is 34.5 Å². The van der Waals surface area contributed by atoms with E-state index in [1.165, 1.54) is 5.56 Å². The SMILES string of the molecule is O=C(NC1[C@H]2CN(Cc3ccccc3)C[C@@H]12)c1cccc(CO)c1. The number of fused-ring (bicyclic) bond motifs is 1. The number of carbonyl (C=O) groups excluding carboxylic acids is 1. The van der Waals surface area contributed by atoms with Crippen LogP contribution in [0.4, 0.5) is 0 Å². The van der Waals surface area contributed by atoms with Gasteiger partial charge in [0.05, 0.1) is 6.61 Å². The summed E-state index contributed by atoms with van der Waals surface area (Å²) in [7, 11) is 0. The first kappa shape index (κ1) is 15.4. The van der Waals surface area contributed by atoms with E-state index >= 15 is 0 Å². The maximum atomic E-state index is 12.4. The van der Waals surface area contributed by atoms with Gasteiger partial charge in [-0.3, -0.25) is 9.69 Å². The summed E-state index contributed by atoms with van der Waals surface area (Å²) in [6.07, 6.45) is 0. The minimum atomic E-state index is -0.0375. The first-order valence-electron chi connectivity index (χ1n) is 8.51. The van der Waals surface area contributed by atoms with Gasteiger partial charge in [0, 0.05) is 31.2 Å². The Hall–Kier alpha value is -2.17. The fraction of sp³-hybridized carbons (Fsp3) is 0.350. The summed E-state index contributed by atoms with van der Waals surface area (Å²) in [5.74, 6) is 1.14. The number of nitrogens with one attached hydrogen (secondary N) is 1. The average molecular weight is 322 g/mol. The smallest absolute Gasteiger partial charge is 0.251 e. The molecule has 0 bridgehead atoms. The first-order chi connectivity index (χ1) is 11.7. The molecule has 1 unspecified atom stereocenters. The zero-order valence-electron chi connectivity index (χ0n) is 13.6. The Morgan fingerprint density at radius 3 is 2.46 bits per heavy atom. The molecule has 0 spiro atoms. The molecule has 2 aliphatic rings. The minimum Gasteiger partial charge on any atom is -0.392 e. The highest BCUT2D eigenvalue weighted by molar-refractivity contribution is 5.94. The lowest BCUT2D eigenvalue weighted by Gasteiger charge is -2.20. The van der Waals surface area contributed by atoms with E-state index in [0.29, 0.717) is 23.4 Å². The number of aliphatic hydroxyl groups excluding tert-OH is 1.